The van der Waals surface area contributed by atoms with Gasteiger partial charge in [0.05, 0.1) is 12.2 Å². The molecule has 3 aliphatic rings. The van der Waals surface area contributed by atoms with Crippen molar-refractivity contribution in [3.05, 3.63) is 29.1 Å². The zero-order valence-electron chi connectivity index (χ0n) is 21.4. The van der Waals surface area contributed by atoms with Crippen LogP contribution in [-0.2, 0) is 9.53 Å². The molecule has 2 saturated carbocycles. The van der Waals surface area contributed by atoms with Crippen molar-refractivity contribution in [2.24, 2.45) is 11.3 Å². The van der Waals surface area contributed by atoms with Gasteiger partial charge in [0.2, 0.25) is 0 Å². The van der Waals surface area contributed by atoms with Crippen LogP contribution < -0.4 is 4.74 Å². The van der Waals surface area contributed by atoms with Crippen LogP contribution in [0.15, 0.2) is 12.1 Å². The Morgan fingerprint density at radius 2 is 1.85 bits per heavy atom. The zero-order chi connectivity index (χ0) is 24.7. The summed E-state index contributed by atoms with van der Waals surface area (Å²) in [5, 5.41) is 0. The number of esters is 1. The number of carbonyl (C=O) groups is 2. The number of hydrogen-bond donors (Lipinski definition) is 0. The molecule has 2 atom stereocenters. The first-order valence-electron chi connectivity index (χ1n) is 12.9. The molecule has 5 nitrogen and oxygen atoms in total. The Morgan fingerprint density at radius 3 is 2.50 bits per heavy atom. The highest BCUT2D eigenvalue weighted by Gasteiger charge is 2.39. The summed E-state index contributed by atoms with van der Waals surface area (Å²) in [4.78, 5) is 27.5. The van der Waals surface area contributed by atoms with E-state index < -0.39 is 29.3 Å². The van der Waals surface area contributed by atoms with Crippen LogP contribution in [0.5, 0.6) is 5.75 Å². The highest BCUT2D eigenvalue weighted by molar-refractivity contribution is 5.98. The average Bonchev–Trinajstić information content (AvgIpc) is 3.45. The summed E-state index contributed by atoms with van der Waals surface area (Å²) >= 11 is 0. The summed E-state index contributed by atoms with van der Waals surface area (Å²) in [6.07, 6.45) is 7.99. The van der Waals surface area contributed by atoms with E-state index in [9.17, 15) is 9.59 Å². The largest absolute Gasteiger partial charge is 0.493 e. The maximum atomic E-state index is 15.3. The maximum absolute atomic E-state index is 15.3. The molecule has 1 aromatic rings. The first kappa shape index (κ1) is 25.0. The van der Waals surface area contributed by atoms with Crippen molar-refractivity contribution in [1.29, 1.82) is 0 Å². The Morgan fingerprint density at radius 1 is 1.12 bits per heavy atom. The van der Waals surface area contributed by atoms with E-state index in [0.717, 1.165) is 31.2 Å². The van der Waals surface area contributed by atoms with Gasteiger partial charge in [-0.25, -0.2) is 9.18 Å². The van der Waals surface area contributed by atoms with Crippen LogP contribution in [0.2, 0.25) is 0 Å². The van der Waals surface area contributed by atoms with Gasteiger partial charge in [-0.1, -0.05) is 20.3 Å². The van der Waals surface area contributed by atoms with Crippen molar-refractivity contribution in [1.82, 2.24) is 4.90 Å². The number of rotatable bonds is 6. The molecule has 2 aliphatic carbocycles. The minimum atomic E-state index is -0.666. The molecule has 1 aromatic carbocycles. The monoisotopic (exact) mass is 473 g/mol. The molecule has 1 heterocycles. The fraction of sp³-hybridized carbons (Fsp3) is 0.714. The van der Waals surface area contributed by atoms with E-state index in [-0.39, 0.29) is 5.56 Å². The molecule has 188 valence electrons. The summed E-state index contributed by atoms with van der Waals surface area (Å²) < 4.78 is 27.0. The highest BCUT2D eigenvalue weighted by atomic mass is 19.1. The second kappa shape index (κ2) is 9.50. The van der Waals surface area contributed by atoms with Crippen LogP contribution in [0.25, 0.3) is 0 Å². The quantitative estimate of drug-likeness (QED) is 0.459. The number of hydrogen-bond acceptors (Lipinski definition) is 4. The molecular formula is C28H40FNO4. The van der Waals surface area contributed by atoms with Crippen LogP contribution >= 0.6 is 0 Å². The lowest BCUT2D eigenvalue weighted by molar-refractivity contribution is -0.159. The van der Waals surface area contributed by atoms with E-state index in [1.165, 1.54) is 23.8 Å². The molecule has 2 unspecified atom stereocenters. The van der Waals surface area contributed by atoms with Crippen molar-refractivity contribution in [3.63, 3.8) is 0 Å². The van der Waals surface area contributed by atoms with E-state index in [2.05, 4.69) is 13.8 Å². The van der Waals surface area contributed by atoms with Gasteiger partial charge in [0.1, 0.15) is 23.2 Å². The van der Waals surface area contributed by atoms with Crippen molar-refractivity contribution >= 4 is 11.9 Å². The Labute approximate surface area is 203 Å². The SMILES string of the molecule is CC1(C)CCCC(COc2cc(F)c(C(=O)N3CCCC3C(=O)OC(C)(C)C)cc2C2CC2)C1. The van der Waals surface area contributed by atoms with Crippen LogP contribution in [-0.4, -0.2) is 41.6 Å². The summed E-state index contributed by atoms with van der Waals surface area (Å²) in [5.74, 6) is -0.0809. The van der Waals surface area contributed by atoms with Gasteiger partial charge >= 0.3 is 5.97 Å². The molecule has 0 radical (unpaired) electrons. The number of amides is 1. The third-order valence-electron chi connectivity index (χ3n) is 7.32. The predicted molar refractivity (Wildman–Crippen MR) is 130 cm³/mol. The lowest BCUT2D eigenvalue weighted by Gasteiger charge is -2.35. The fourth-order valence-corrected chi connectivity index (χ4v) is 5.56. The third-order valence-corrected chi connectivity index (χ3v) is 7.32. The van der Waals surface area contributed by atoms with Gasteiger partial charge in [-0.05, 0) is 94.6 Å². The topological polar surface area (TPSA) is 55.8 Å². The molecule has 4 rings (SSSR count). The van der Waals surface area contributed by atoms with Gasteiger partial charge in [-0.15, -0.1) is 0 Å². The van der Waals surface area contributed by atoms with Crippen molar-refractivity contribution in [2.75, 3.05) is 13.2 Å². The molecule has 3 fully saturated rings. The number of likely N-dealkylation sites (tertiary alicyclic amines) is 1. The Kier molecular flexibility index (Phi) is 6.99. The normalized spacial score (nSPS) is 24.7. The summed E-state index contributed by atoms with van der Waals surface area (Å²) in [6, 6.07) is 2.41. The Bertz CT molecular complexity index is 931. The minimum absolute atomic E-state index is 0.0310. The van der Waals surface area contributed by atoms with Crippen LogP contribution in [0.4, 0.5) is 4.39 Å². The van der Waals surface area contributed by atoms with Gasteiger partial charge in [0, 0.05) is 12.6 Å². The second-order valence-corrected chi connectivity index (χ2v) is 12.3. The molecule has 0 bridgehead atoms. The lowest BCUT2D eigenvalue weighted by atomic mass is 9.72. The summed E-state index contributed by atoms with van der Waals surface area (Å²) in [5.41, 5.74) is 0.648. The van der Waals surface area contributed by atoms with E-state index in [4.69, 9.17) is 9.47 Å². The number of carbonyl (C=O) groups excluding carboxylic acids is 2. The van der Waals surface area contributed by atoms with Crippen molar-refractivity contribution in [3.8, 4) is 5.75 Å². The lowest BCUT2D eigenvalue weighted by Crippen LogP contribution is -2.43. The minimum Gasteiger partial charge on any atom is -0.493 e. The van der Waals surface area contributed by atoms with Crippen molar-refractivity contribution < 1.29 is 23.5 Å². The van der Waals surface area contributed by atoms with E-state index >= 15 is 4.39 Å². The van der Waals surface area contributed by atoms with Gasteiger partial charge in [-0.3, -0.25) is 4.79 Å². The van der Waals surface area contributed by atoms with Gasteiger partial charge in [0.15, 0.2) is 0 Å². The van der Waals surface area contributed by atoms with Crippen molar-refractivity contribution in [2.45, 2.75) is 104 Å². The Balaban J connectivity index is 1.51. The van der Waals surface area contributed by atoms with E-state index in [1.54, 1.807) is 26.8 Å². The van der Waals surface area contributed by atoms with Crippen LogP contribution in [0.1, 0.15) is 108 Å². The predicted octanol–water partition coefficient (Wildman–Crippen LogP) is 6.24. The first-order chi connectivity index (χ1) is 15.9. The van der Waals surface area contributed by atoms with E-state index in [1.807, 2.05) is 0 Å². The van der Waals surface area contributed by atoms with E-state index in [0.29, 0.717) is 49.0 Å². The molecule has 0 spiro atoms. The number of ether oxygens (including phenoxy) is 2. The van der Waals surface area contributed by atoms with Gasteiger partial charge in [-0.2, -0.15) is 0 Å². The fourth-order valence-electron chi connectivity index (χ4n) is 5.56. The molecule has 1 saturated heterocycles. The number of benzene rings is 1. The van der Waals surface area contributed by atoms with Gasteiger partial charge < -0.3 is 14.4 Å². The van der Waals surface area contributed by atoms with Crippen LogP contribution in [0.3, 0.4) is 0 Å². The highest BCUT2D eigenvalue weighted by Crippen LogP contribution is 2.46. The Hall–Kier alpha value is -2.11. The molecule has 0 N–H and O–H groups in total. The second-order valence-electron chi connectivity index (χ2n) is 12.3. The molecule has 0 aromatic heterocycles. The summed E-state index contributed by atoms with van der Waals surface area (Å²) in [7, 11) is 0. The molecule has 1 amide bonds. The molecule has 34 heavy (non-hydrogen) atoms. The number of halogens is 1. The van der Waals surface area contributed by atoms with Crippen LogP contribution in [0, 0.1) is 17.2 Å². The number of nitrogens with zero attached hydrogens (tertiary/aromatic N) is 1. The van der Waals surface area contributed by atoms with Gasteiger partial charge in [0.25, 0.3) is 5.91 Å². The first-order valence-corrected chi connectivity index (χ1v) is 12.9. The average molecular weight is 474 g/mol. The molecule has 6 heteroatoms. The maximum Gasteiger partial charge on any atom is 0.329 e. The summed E-state index contributed by atoms with van der Waals surface area (Å²) in [6.45, 7) is 11.0. The standard InChI is InChI=1S/C28H40FNO4/c1-27(2,3)34-26(32)23-9-7-13-30(23)25(31)21-14-20(19-10-11-19)24(15-22(21)29)33-17-18-8-6-12-28(4,5)16-18/h14-15,18-19,23H,6-13,16-17H2,1-5H3. The smallest absolute Gasteiger partial charge is 0.329 e. The molecular weight excluding hydrogens is 433 g/mol. The third kappa shape index (κ3) is 5.92. The molecule has 1 aliphatic heterocycles. The zero-order valence-corrected chi connectivity index (χ0v) is 21.4.